The van der Waals surface area contributed by atoms with Gasteiger partial charge in [-0.25, -0.2) is 8.42 Å². The zero-order valence-corrected chi connectivity index (χ0v) is 12.4. The van der Waals surface area contributed by atoms with Gasteiger partial charge in [0.25, 0.3) is 10.0 Å². The van der Waals surface area contributed by atoms with Gasteiger partial charge in [0.2, 0.25) is 11.0 Å². The smallest absolute Gasteiger partial charge is 0.269 e. The van der Waals surface area contributed by atoms with Gasteiger partial charge in [0.05, 0.1) is 6.20 Å². The molecule has 0 aromatic carbocycles. The van der Waals surface area contributed by atoms with E-state index in [1.807, 2.05) is 4.72 Å². The number of nitrogens with one attached hydrogen (secondary N) is 1. The number of rotatable bonds is 4. The fourth-order valence-electron chi connectivity index (χ4n) is 1.30. The van der Waals surface area contributed by atoms with Crippen LogP contribution in [0.25, 0.3) is 0 Å². The van der Waals surface area contributed by atoms with E-state index in [2.05, 4.69) is 14.5 Å². The van der Waals surface area contributed by atoms with Crippen molar-refractivity contribution in [2.45, 2.75) is 31.0 Å². The molecule has 12 heteroatoms. The van der Waals surface area contributed by atoms with Gasteiger partial charge in [-0.1, -0.05) is 0 Å². The van der Waals surface area contributed by atoms with E-state index in [1.165, 1.54) is 10.9 Å². The number of hydrogen-bond acceptors (Lipinski definition) is 6. The Balaban J connectivity index is 2.23. The zero-order chi connectivity index (χ0) is 15.8. The Morgan fingerprint density at radius 2 is 2.05 bits per heavy atom. The van der Waals surface area contributed by atoms with Crippen molar-refractivity contribution in [1.29, 1.82) is 0 Å². The maximum atomic E-state index is 12.3. The highest BCUT2D eigenvalue weighted by Crippen LogP contribution is 2.29. The molecule has 0 aliphatic heterocycles. The normalized spacial score (nSPS) is 12.9. The number of aromatic nitrogens is 4. The Kier molecular flexibility index (Phi) is 3.93. The molecule has 0 amide bonds. The third-order valence-corrected chi connectivity index (χ3v) is 4.37. The van der Waals surface area contributed by atoms with Gasteiger partial charge in [-0.3, -0.25) is 9.40 Å². The van der Waals surface area contributed by atoms with Crippen LogP contribution in [0, 0.1) is 0 Å². The summed E-state index contributed by atoms with van der Waals surface area (Å²) >= 11 is 0.312. The second-order valence-electron chi connectivity index (χ2n) is 4.28. The van der Waals surface area contributed by atoms with Crippen LogP contribution >= 0.6 is 11.5 Å². The minimum absolute atomic E-state index is 0.0488. The van der Waals surface area contributed by atoms with E-state index in [4.69, 9.17) is 0 Å². The maximum absolute atomic E-state index is 12.3. The molecular formula is C9H10F3N5O2S2. The second kappa shape index (κ2) is 5.26. The van der Waals surface area contributed by atoms with E-state index >= 15 is 0 Å². The first-order chi connectivity index (χ1) is 9.59. The van der Waals surface area contributed by atoms with Crippen molar-refractivity contribution in [2.24, 2.45) is 0 Å². The van der Waals surface area contributed by atoms with Crippen LogP contribution in [0.4, 0.5) is 18.3 Å². The van der Waals surface area contributed by atoms with E-state index in [0.717, 1.165) is 6.20 Å². The van der Waals surface area contributed by atoms with Crippen LogP contribution in [0.1, 0.15) is 25.7 Å². The summed E-state index contributed by atoms with van der Waals surface area (Å²) in [6, 6.07) is -0.0488. The molecular weight excluding hydrogens is 331 g/mol. The van der Waals surface area contributed by atoms with E-state index in [0.29, 0.717) is 11.5 Å². The van der Waals surface area contributed by atoms with Crippen LogP contribution in [-0.2, 0) is 16.2 Å². The molecule has 2 rings (SSSR count). The first-order valence-corrected chi connectivity index (χ1v) is 7.83. The number of hydrogen-bond donors (Lipinski definition) is 1. The van der Waals surface area contributed by atoms with Crippen LogP contribution < -0.4 is 4.72 Å². The van der Waals surface area contributed by atoms with Crippen LogP contribution in [0.2, 0.25) is 0 Å². The Morgan fingerprint density at radius 3 is 2.52 bits per heavy atom. The number of halogens is 3. The highest BCUT2D eigenvalue weighted by atomic mass is 32.2. The van der Waals surface area contributed by atoms with Gasteiger partial charge in [-0.05, 0) is 13.8 Å². The van der Waals surface area contributed by atoms with Gasteiger partial charge < -0.3 is 0 Å². The molecule has 0 aliphatic carbocycles. The highest BCUT2D eigenvalue weighted by Gasteiger charge is 2.36. The van der Waals surface area contributed by atoms with E-state index < -0.39 is 27.2 Å². The third kappa shape index (κ3) is 3.50. The van der Waals surface area contributed by atoms with Crippen molar-refractivity contribution in [3.8, 4) is 0 Å². The number of sulfonamides is 1. The monoisotopic (exact) mass is 341 g/mol. The number of anilines is 1. The lowest BCUT2D eigenvalue weighted by Gasteiger charge is -2.04. The quantitative estimate of drug-likeness (QED) is 0.920. The van der Waals surface area contributed by atoms with Crippen molar-refractivity contribution in [1.82, 2.24) is 19.1 Å². The van der Waals surface area contributed by atoms with Gasteiger partial charge in [0.15, 0.2) is 0 Å². The lowest BCUT2D eigenvalue weighted by molar-refractivity contribution is -0.144. The van der Waals surface area contributed by atoms with Crippen molar-refractivity contribution < 1.29 is 21.6 Å². The van der Waals surface area contributed by atoms with Crippen molar-refractivity contribution in [3.63, 3.8) is 0 Å². The Morgan fingerprint density at radius 1 is 1.38 bits per heavy atom. The van der Waals surface area contributed by atoms with Gasteiger partial charge in [-0.15, -0.1) is 0 Å². The highest BCUT2D eigenvalue weighted by molar-refractivity contribution is 7.92. The van der Waals surface area contributed by atoms with Crippen molar-refractivity contribution >= 4 is 26.7 Å². The molecule has 0 unspecified atom stereocenters. The second-order valence-corrected chi connectivity index (χ2v) is 6.71. The minimum atomic E-state index is -4.72. The molecule has 7 nitrogen and oxygen atoms in total. The SMILES string of the molecule is CC(C)n1cc(S(=O)(=O)Nc2nc(C(F)(F)F)ns2)cn1. The molecule has 0 spiro atoms. The number of alkyl halides is 3. The molecule has 0 radical (unpaired) electrons. The lowest BCUT2D eigenvalue weighted by atomic mass is 10.4. The predicted molar refractivity (Wildman–Crippen MR) is 68.3 cm³/mol. The first kappa shape index (κ1) is 15.7. The van der Waals surface area contributed by atoms with E-state index in [-0.39, 0.29) is 10.9 Å². The van der Waals surface area contributed by atoms with Crippen LogP contribution in [0.5, 0.6) is 0 Å². The molecule has 0 atom stereocenters. The molecule has 1 N–H and O–H groups in total. The molecule has 0 saturated heterocycles. The molecule has 2 aromatic rings. The van der Waals surface area contributed by atoms with Crippen LogP contribution in [-0.4, -0.2) is 27.6 Å². The molecule has 116 valence electrons. The summed E-state index contributed by atoms with van der Waals surface area (Å²) in [6.07, 6.45) is -2.34. The summed E-state index contributed by atoms with van der Waals surface area (Å²) in [5.74, 6) is -1.39. The lowest BCUT2D eigenvalue weighted by Crippen LogP contribution is -2.13. The van der Waals surface area contributed by atoms with Crippen LogP contribution in [0.15, 0.2) is 17.3 Å². The molecule has 0 saturated carbocycles. The fourth-order valence-corrected chi connectivity index (χ4v) is 3.04. The van der Waals surface area contributed by atoms with Crippen molar-refractivity contribution in [3.05, 3.63) is 18.2 Å². The van der Waals surface area contributed by atoms with Gasteiger partial charge >= 0.3 is 6.18 Å². The van der Waals surface area contributed by atoms with E-state index in [1.54, 1.807) is 13.8 Å². The topological polar surface area (TPSA) is 89.8 Å². The first-order valence-electron chi connectivity index (χ1n) is 5.57. The molecule has 2 heterocycles. The van der Waals surface area contributed by atoms with Gasteiger partial charge in [-0.2, -0.15) is 27.6 Å². The summed E-state index contributed by atoms with van der Waals surface area (Å²) in [5, 5.41) is 3.39. The van der Waals surface area contributed by atoms with Crippen molar-refractivity contribution in [2.75, 3.05) is 4.72 Å². The maximum Gasteiger partial charge on any atom is 0.452 e. The van der Waals surface area contributed by atoms with Gasteiger partial charge in [0, 0.05) is 23.8 Å². The summed E-state index contributed by atoms with van der Waals surface area (Å²) in [4.78, 5) is 2.93. The molecule has 0 bridgehead atoms. The van der Waals surface area contributed by atoms with Crippen LogP contribution in [0.3, 0.4) is 0 Å². The molecule has 0 fully saturated rings. The summed E-state index contributed by atoms with van der Waals surface area (Å²) in [5.41, 5.74) is 0. The summed E-state index contributed by atoms with van der Waals surface area (Å²) < 4.78 is 67.4. The fraction of sp³-hybridized carbons (Fsp3) is 0.444. The minimum Gasteiger partial charge on any atom is -0.269 e. The zero-order valence-electron chi connectivity index (χ0n) is 10.8. The Hall–Kier alpha value is -1.69. The molecule has 0 aliphatic rings. The average molecular weight is 341 g/mol. The average Bonchev–Trinajstić information content (AvgIpc) is 2.94. The standard InChI is InChI=1S/C9H10F3N5O2S2/c1-5(2)17-4-6(3-13-17)21(18,19)16-8-14-7(15-20-8)9(10,11)12/h3-5H,1-2H3,(H,14,15,16). The predicted octanol–water partition coefficient (Wildman–Crippen LogP) is 2.14. The molecule has 21 heavy (non-hydrogen) atoms. The molecule has 2 aromatic heterocycles. The third-order valence-electron chi connectivity index (χ3n) is 2.32. The summed E-state index contributed by atoms with van der Waals surface area (Å²) in [6.45, 7) is 3.61. The Bertz CT molecular complexity index is 735. The summed E-state index contributed by atoms with van der Waals surface area (Å²) in [7, 11) is -4.05. The Labute approximate surface area is 122 Å². The largest absolute Gasteiger partial charge is 0.452 e. The van der Waals surface area contributed by atoms with E-state index in [9.17, 15) is 21.6 Å². The number of nitrogens with zero attached hydrogens (tertiary/aromatic N) is 4. The van der Waals surface area contributed by atoms with Gasteiger partial charge in [0.1, 0.15) is 4.90 Å².